The molecule has 0 N–H and O–H groups in total. The van der Waals surface area contributed by atoms with Crippen LogP contribution in [0, 0.1) is 0 Å². The molecule has 12 aromatic carbocycles. The SMILES string of the molecule is c1ccc(N(c2ccccc2)c2cc3c(c4cc5oc6ccccc6c5cc24)-c2cc4c(cc2C32c3ccccc3-c3ccccc32)cc(N(c2ccccc2)c2ccccc2)c2c3ccccc3oc42)cc1. The number of benzene rings is 12. The lowest BCUT2D eigenvalue weighted by molar-refractivity contribution is 0.669. The third kappa shape index (κ3) is 5.55. The molecule has 0 radical (unpaired) electrons. The zero-order valence-electron chi connectivity index (χ0n) is 39.5. The molecule has 2 heterocycles. The summed E-state index contributed by atoms with van der Waals surface area (Å²) < 4.78 is 14.0. The van der Waals surface area contributed by atoms with Crippen LogP contribution in [-0.4, -0.2) is 0 Å². The second-order valence-electron chi connectivity index (χ2n) is 19.5. The first kappa shape index (κ1) is 40.1. The Morgan fingerprint density at radius 3 is 1.40 bits per heavy atom. The van der Waals surface area contributed by atoms with Gasteiger partial charge in [-0.05, 0) is 152 Å². The molecule has 2 aliphatic rings. The number of rotatable bonds is 6. The monoisotopic (exact) mass is 930 g/mol. The molecule has 340 valence electrons. The fourth-order valence-corrected chi connectivity index (χ4v) is 12.9. The lowest BCUT2D eigenvalue weighted by Crippen LogP contribution is -2.26. The van der Waals surface area contributed by atoms with Crippen molar-refractivity contribution in [1.82, 2.24) is 0 Å². The second kappa shape index (κ2) is 15.2. The highest BCUT2D eigenvalue weighted by Gasteiger charge is 2.53. The van der Waals surface area contributed by atoms with Gasteiger partial charge in [-0.25, -0.2) is 0 Å². The molecule has 0 amide bonds. The molecule has 73 heavy (non-hydrogen) atoms. The number of hydrogen-bond acceptors (Lipinski definition) is 4. The van der Waals surface area contributed by atoms with Crippen LogP contribution < -0.4 is 9.80 Å². The van der Waals surface area contributed by atoms with E-state index in [1.165, 1.54) is 44.5 Å². The van der Waals surface area contributed by atoms with Crippen molar-refractivity contribution in [3.05, 3.63) is 277 Å². The fraction of sp³-hybridized carbons (Fsp3) is 0.0145. The molecule has 4 nitrogen and oxygen atoms in total. The standard InChI is InChI=1S/C69H42N2O2/c1-5-21-44(22-6-1)70(45-23-7-2-8-24-45)61-42-60-66(55-41-65-54(40-53(55)61)50-31-15-19-35-63(50)72-65)56-39-52-43(37-59(56)69(60)57-33-17-13-29-48(57)49-30-14-18-34-58(49)69)38-62(67-51-32-16-20-36-64(51)73-68(52)67)71(46-25-9-3-10-26-46)47-27-11-4-12-28-47/h1-42H. The zero-order chi connectivity index (χ0) is 47.8. The number of para-hydroxylation sites is 6. The first-order valence-corrected chi connectivity index (χ1v) is 25.1. The number of nitrogens with zero attached hydrogens (tertiary/aromatic N) is 2. The van der Waals surface area contributed by atoms with Crippen molar-refractivity contribution in [2.45, 2.75) is 5.41 Å². The van der Waals surface area contributed by atoms with E-state index < -0.39 is 5.41 Å². The van der Waals surface area contributed by atoms with Gasteiger partial charge in [0.1, 0.15) is 22.3 Å². The summed E-state index contributed by atoms with van der Waals surface area (Å²) in [5.41, 5.74) is 19.1. The van der Waals surface area contributed by atoms with Crippen LogP contribution in [0.1, 0.15) is 22.3 Å². The van der Waals surface area contributed by atoms with E-state index in [0.29, 0.717) is 0 Å². The maximum absolute atomic E-state index is 7.18. The predicted molar refractivity (Wildman–Crippen MR) is 302 cm³/mol. The van der Waals surface area contributed by atoms with Gasteiger partial charge in [-0.1, -0.05) is 158 Å². The second-order valence-corrected chi connectivity index (χ2v) is 19.5. The van der Waals surface area contributed by atoms with E-state index in [2.05, 4.69) is 265 Å². The topological polar surface area (TPSA) is 32.8 Å². The van der Waals surface area contributed by atoms with Gasteiger partial charge >= 0.3 is 0 Å². The van der Waals surface area contributed by atoms with Gasteiger partial charge < -0.3 is 18.6 Å². The van der Waals surface area contributed by atoms with Crippen molar-refractivity contribution in [1.29, 1.82) is 0 Å². The van der Waals surface area contributed by atoms with E-state index in [-0.39, 0.29) is 0 Å². The van der Waals surface area contributed by atoms with Crippen LogP contribution in [0.15, 0.2) is 264 Å². The molecule has 0 saturated heterocycles. The summed E-state index contributed by atoms with van der Waals surface area (Å²) in [7, 11) is 0. The Bertz CT molecular complexity index is 4430. The Kier molecular flexibility index (Phi) is 8.35. The molecule has 16 rings (SSSR count). The normalized spacial score (nSPS) is 13.0. The maximum Gasteiger partial charge on any atom is 0.145 e. The summed E-state index contributed by atoms with van der Waals surface area (Å²) in [6.07, 6.45) is 0. The van der Waals surface area contributed by atoms with Crippen LogP contribution in [0.25, 0.3) is 87.7 Å². The van der Waals surface area contributed by atoms with E-state index >= 15 is 0 Å². The number of anilines is 6. The summed E-state index contributed by atoms with van der Waals surface area (Å²) in [5, 5.41) is 8.77. The van der Waals surface area contributed by atoms with Gasteiger partial charge in [0.25, 0.3) is 0 Å². The first-order chi connectivity index (χ1) is 36.2. The Morgan fingerprint density at radius 1 is 0.288 bits per heavy atom. The molecule has 0 unspecified atom stereocenters. The smallest absolute Gasteiger partial charge is 0.145 e. The third-order valence-electron chi connectivity index (χ3n) is 15.8. The van der Waals surface area contributed by atoms with Gasteiger partial charge in [-0.3, -0.25) is 0 Å². The zero-order valence-corrected chi connectivity index (χ0v) is 39.5. The van der Waals surface area contributed by atoms with Crippen LogP contribution in [0.5, 0.6) is 0 Å². The molecular weight excluding hydrogens is 889 g/mol. The summed E-state index contributed by atoms with van der Waals surface area (Å²) in [6, 6.07) is 92.8. The predicted octanol–water partition coefficient (Wildman–Crippen LogP) is 19.1. The highest BCUT2D eigenvalue weighted by atomic mass is 16.3. The number of furan rings is 2. The van der Waals surface area contributed by atoms with Crippen molar-refractivity contribution in [3.8, 4) is 22.3 Å². The van der Waals surface area contributed by atoms with Crippen LogP contribution in [0.4, 0.5) is 34.1 Å². The van der Waals surface area contributed by atoms with Crippen molar-refractivity contribution < 1.29 is 8.83 Å². The number of hydrogen-bond donors (Lipinski definition) is 0. The average Bonchev–Trinajstić information content (AvgIpc) is 4.22. The molecule has 2 aromatic heterocycles. The quantitative estimate of drug-likeness (QED) is 0.166. The van der Waals surface area contributed by atoms with Crippen molar-refractivity contribution in [3.63, 3.8) is 0 Å². The van der Waals surface area contributed by atoms with Gasteiger partial charge in [-0.2, -0.15) is 0 Å². The number of fused-ring (bicyclic) bond motifs is 20. The lowest BCUT2D eigenvalue weighted by Gasteiger charge is -2.33. The molecular formula is C69H42N2O2. The Labute approximate surface area is 420 Å². The molecule has 4 heteroatoms. The fourth-order valence-electron chi connectivity index (χ4n) is 12.9. The summed E-state index contributed by atoms with van der Waals surface area (Å²) in [6.45, 7) is 0. The molecule has 2 aliphatic carbocycles. The molecule has 0 aliphatic heterocycles. The van der Waals surface area contributed by atoms with Crippen molar-refractivity contribution >= 4 is 99.5 Å². The van der Waals surface area contributed by atoms with Crippen LogP contribution >= 0.6 is 0 Å². The van der Waals surface area contributed by atoms with E-state index in [1.807, 2.05) is 0 Å². The maximum atomic E-state index is 7.18. The third-order valence-corrected chi connectivity index (χ3v) is 15.8. The molecule has 0 saturated carbocycles. The highest BCUT2D eigenvalue weighted by molar-refractivity contribution is 6.24. The minimum Gasteiger partial charge on any atom is -0.456 e. The van der Waals surface area contributed by atoms with Crippen LogP contribution in [0.3, 0.4) is 0 Å². The minimum atomic E-state index is -0.696. The first-order valence-electron chi connectivity index (χ1n) is 25.1. The lowest BCUT2D eigenvalue weighted by atomic mass is 9.70. The molecule has 0 fully saturated rings. The van der Waals surface area contributed by atoms with E-state index in [1.54, 1.807) is 0 Å². The van der Waals surface area contributed by atoms with Gasteiger partial charge in [-0.15, -0.1) is 0 Å². The molecule has 0 atom stereocenters. The van der Waals surface area contributed by atoms with E-state index in [0.717, 1.165) is 99.5 Å². The molecule has 14 aromatic rings. The average molecular weight is 931 g/mol. The Balaban J connectivity index is 1.10. The van der Waals surface area contributed by atoms with Crippen LogP contribution in [0.2, 0.25) is 0 Å². The molecule has 0 bridgehead atoms. The Morgan fingerprint density at radius 2 is 0.795 bits per heavy atom. The largest absolute Gasteiger partial charge is 0.456 e. The van der Waals surface area contributed by atoms with E-state index in [9.17, 15) is 0 Å². The summed E-state index contributed by atoms with van der Waals surface area (Å²) >= 11 is 0. The van der Waals surface area contributed by atoms with E-state index in [4.69, 9.17) is 8.83 Å². The highest BCUT2D eigenvalue weighted by Crippen LogP contribution is 2.66. The summed E-state index contributed by atoms with van der Waals surface area (Å²) in [4.78, 5) is 4.84. The van der Waals surface area contributed by atoms with Crippen molar-refractivity contribution in [2.75, 3.05) is 9.80 Å². The van der Waals surface area contributed by atoms with Crippen molar-refractivity contribution in [2.24, 2.45) is 0 Å². The Hall–Kier alpha value is -9.64. The summed E-state index contributed by atoms with van der Waals surface area (Å²) in [5.74, 6) is 0. The molecule has 1 spiro atoms. The van der Waals surface area contributed by atoms with Gasteiger partial charge in [0.05, 0.1) is 22.2 Å². The van der Waals surface area contributed by atoms with Gasteiger partial charge in [0.15, 0.2) is 0 Å². The van der Waals surface area contributed by atoms with Gasteiger partial charge in [0.2, 0.25) is 0 Å². The minimum absolute atomic E-state index is 0.696. The van der Waals surface area contributed by atoms with Gasteiger partial charge in [0, 0.05) is 49.7 Å². The van der Waals surface area contributed by atoms with Crippen LogP contribution in [-0.2, 0) is 5.41 Å².